The summed E-state index contributed by atoms with van der Waals surface area (Å²) in [5, 5.41) is 3.58. The second-order valence-electron chi connectivity index (χ2n) is 6.08. The van der Waals surface area contributed by atoms with Crippen molar-refractivity contribution in [2.24, 2.45) is 5.41 Å². The van der Waals surface area contributed by atoms with Crippen LogP contribution < -0.4 is 11.1 Å². The van der Waals surface area contributed by atoms with Crippen LogP contribution >= 0.6 is 0 Å². The molecule has 0 spiro atoms. The molecular weight excluding hydrogens is 222 g/mol. The van der Waals surface area contributed by atoms with Gasteiger partial charge in [-0.3, -0.25) is 0 Å². The van der Waals surface area contributed by atoms with Gasteiger partial charge in [0, 0.05) is 17.8 Å². The molecule has 0 aromatic carbocycles. The zero-order valence-electron chi connectivity index (χ0n) is 12.2. The normalized spacial score (nSPS) is 13.6. The Bertz CT molecular complexity index is 355. The first-order valence-corrected chi connectivity index (χ1v) is 6.88. The third-order valence-electron chi connectivity index (χ3n) is 3.07. The average molecular weight is 249 g/mol. The van der Waals surface area contributed by atoms with E-state index in [1.54, 1.807) is 6.20 Å². The van der Waals surface area contributed by atoms with Gasteiger partial charge in [0.05, 0.1) is 0 Å². The summed E-state index contributed by atoms with van der Waals surface area (Å²) in [7, 11) is 0. The molecule has 3 N–H and O–H groups in total. The van der Waals surface area contributed by atoms with Crippen LogP contribution in [0.3, 0.4) is 0 Å². The van der Waals surface area contributed by atoms with Crippen LogP contribution in [0.25, 0.3) is 0 Å². The third kappa shape index (κ3) is 5.05. The van der Waals surface area contributed by atoms with E-state index < -0.39 is 0 Å². The highest BCUT2D eigenvalue weighted by Gasteiger charge is 2.18. The molecule has 3 heteroatoms. The molecule has 0 aliphatic carbocycles. The van der Waals surface area contributed by atoms with Crippen molar-refractivity contribution in [1.29, 1.82) is 0 Å². The Kier molecular flexibility index (Phi) is 5.60. The highest BCUT2D eigenvalue weighted by Crippen LogP contribution is 2.29. The van der Waals surface area contributed by atoms with Crippen LogP contribution in [-0.2, 0) is 0 Å². The maximum atomic E-state index is 5.98. The lowest BCUT2D eigenvalue weighted by atomic mass is 9.87. The molecule has 0 bridgehead atoms. The number of pyridine rings is 1. The summed E-state index contributed by atoms with van der Waals surface area (Å²) >= 11 is 0. The molecule has 3 nitrogen and oxygen atoms in total. The molecule has 0 aliphatic rings. The average Bonchev–Trinajstić information content (AvgIpc) is 2.29. The molecule has 0 radical (unpaired) electrons. The molecule has 1 unspecified atom stereocenters. The molecule has 0 saturated heterocycles. The second kappa shape index (κ2) is 6.74. The van der Waals surface area contributed by atoms with Gasteiger partial charge in [0.1, 0.15) is 5.82 Å². The first kappa shape index (κ1) is 15.0. The molecule has 102 valence electrons. The number of rotatable bonds is 6. The van der Waals surface area contributed by atoms with E-state index in [-0.39, 0.29) is 0 Å². The van der Waals surface area contributed by atoms with Crippen LogP contribution in [0.5, 0.6) is 0 Å². The van der Waals surface area contributed by atoms with Crippen LogP contribution in [0.15, 0.2) is 18.3 Å². The van der Waals surface area contributed by atoms with Crippen molar-refractivity contribution in [2.45, 2.75) is 53.0 Å². The van der Waals surface area contributed by atoms with Crippen molar-refractivity contribution in [3.05, 3.63) is 23.9 Å². The summed E-state index contributed by atoms with van der Waals surface area (Å²) < 4.78 is 0. The predicted octanol–water partition coefficient (Wildman–Crippen LogP) is 3.53. The number of nitrogen functional groups attached to an aromatic ring is 1. The SMILES string of the molecule is CCCNC(CCC(C)(C)C)c1cccnc1N. The Morgan fingerprint density at radius 3 is 2.67 bits per heavy atom. The summed E-state index contributed by atoms with van der Waals surface area (Å²) in [6, 6.07) is 4.36. The van der Waals surface area contributed by atoms with Gasteiger partial charge in [0.15, 0.2) is 0 Å². The minimum Gasteiger partial charge on any atom is -0.383 e. The van der Waals surface area contributed by atoms with E-state index in [4.69, 9.17) is 5.73 Å². The second-order valence-corrected chi connectivity index (χ2v) is 6.08. The standard InChI is InChI=1S/C15H27N3/c1-5-10-17-13(8-9-15(2,3)4)12-7-6-11-18-14(12)16/h6-7,11,13,17H,5,8-10H2,1-4H3,(H2,16,18). The molecule has 0 amide bonds. The van der Waals surface area contributed by atoms with E-state index in [0.717, 1.165) is 24.9 Å². The Balaban J connectivity index is 2.75. The van der Waals surface area contributed by atoms with Crippen molar-refractivity contribution in [3.8, 4) is 0 Å². The van der Waals surface area contributed by atoms with E-state index in [1.165, 1.54) is 6.42 Å². The van der Waals surface area contributed by atoms with Gasteiger partial charge in [0.25, 0.3) is 0 Å². The van der Waals surface area contributed by atoms with E-state index in [0.29, 0.717) is 17.3 Å². The number of hydrogen-bond acceptors (Lipinski definition) is 3. The number of hydrogen-bond donors (Lipinski definition) is 2. The molecule has 1 aromatic rings. The smallest absolute Gasteiger partial charge is 0.128 e. The van der Waals surface area contributed by atoms with E-state index in [2.05, 4.69) is 44.1 Å². The van der Waals surface area contributed by atoms with Gasteiger partial charge in [-0.25, -0.2) is 4.98 Å². The Morgan fingerprint density at radius 2 is 2.11 bits per heavy atom. The predicted molar refractivity (Wildman–Crippen MR) is 78.4 cm³/mol. The molecule has 0 aliphatic heterocycles. The molecule has 18 heavy (non-hydrogen) atoms. The van der Waals surface area contributed by atoms with Crippen molar-refractivity contribution < 1.29 is 0 Å². The van der Waals surface area contributed by atoms with Crippen LogP contribution in [0, 0.1) is 5.41 Å². The van der Waals surface area contributed by atoms with Crippen molar-refractivity contribution >= 4 is 5.82 Å². The topological polar surface area (TPSA) is 50.9 Å². The Morgan fingerprint density at radius 1 is 1.39 bits per heavy atom. The summed E-state index contributed by atoms with van der Waals surface area (Å²) in [5.41, 5.74) is 7.47. The maximum absolute atomic E-state index is 5.98. The summed E-state index contributed by atoms with van der Waals surface area (Å²) in [4.78, 5) is 4.19. The summed E-state index contributed by atoms with van der Waals surface area (Å²) in [5.74, 6) is 0.653. The van der Waals surface area contributed by atoms with Crippen LogP contribution in [0.4, 0.5) is 5.82 Å². The van der Waals surface area contributed by atoms with Crippen molar-refractivity contribution in [2.75, 3.05) is 12.3 Å². The molecule has 1 atom stereocenters. The molecule has 1 aromatic heterocycles. The minimum atomic E-state index is 0.317. The van der Waals surface area contributed by atoms with Gasteiger partial charge < -0.3 is 11.1 Å². The van der Waals surface area contributed by atoms with Gasteiger partial charge in [0.2, 0.25) is 0 Å². The zero-order valence-corrected chi connectivity index (χ0v) is 12.2. The first-order chi connectivity index (χ1) is 8.44. The van der Waals surface area contributed by atoms with Gasteiger partial charge in [-0.1, -0.05) is 33.8 Å². The molecule has 1 rings (SSSR count). The van der Waals surface area contributed by atoms with Gasteiger partial charge in [-0.15, -0.1) is 0 Å². The Hall–Kier alpha value is -1.09. The quantitative estimate of drug-likeness (QED) is 0.811. The van der Waals surface area contributed by atoms with Crippen LogP contribution in [0.1, 0.15) is 58.6 Å². The summed E-state index contributed by atoms with van der Waals surface area (Å²) in [6.45, 7) is 10.0. The number of aromatic nitrogens is 1. The van der Waals surface area contributed by atoms with Gasteiger partial charge in [-0.2, -0.15) is 0 Å². The zero-order chi connectivity index (χ0) is 13.6. The fourth-order valence-corrected chi connectivity index (χ4v) is 1.99. The lowest BCUT2D eigenvalue weighted by Gasteiger charge is -2.25. The number of nitrogens with two attached hydrogens (primary N) is 1. The largest absolute Gasteiger partial charge is 0.383 e. The molecule has 1 heterocycles. The minimum absolute atomic E-state index is 0.317. The van der Waals surface area contributed by atoms with E-state index in [9.17, 15) is 0 Å². The Labute approximate surface area is 111 Å². The molecular formula is C15H27N3. The highest BCUT2D eigenvalue weighted by molar-refractivity contribution is 5.40. The lowest BCUT2D eigenvalue weighted by Crippen LogP contribution is -2.24. The third-order valence-corrected chi connectivity index (χ3v) is 3.07. The van der Waals surface area contributed by atoms with Crippen LogP contribution in [-0.4, -0.2) is 11.5 Å². The van der Waals surface area contributed by atoms with Crippen molar-refractivity contribution in [3.63, 3.8) is 0 Å². The van der Waals surface area contributed by atoms with E-state index >= 15 is 0 Å². The number of nitrogens with zero attached hydrogens (tertiary/aromatic N) is 1. The van der Waals surface area contributed by atoms with Gasteiger partial charge >= 0.3 is 0 Å². The van der Waals surface area contributed by atoms with Gasteiger partial charge in [-0.05, 0) is 37.3 Å². The molecule has 0 fully saturated rings. The first-order valence-electron chi connectivity index (χ1n) is 6.88. The fourth-order valence-electron chi connectivity index (χ4n) is 1.99. The fraction of sp³-hybridized carbons (Fsp3) is 0.667. The van der Waals surface area contributed by atoms with Crippen LogP contribution in [0.2, 0.25) is 0 Å². The van der Waals surface area contributed by atoms with E-state index in [1.807, 2.05) is 6.07 Å². The summed E-state index contributed by atoms with van der Waals surface area (Å²) in [6.07, 6.45) is 5.15. The van der Waals surface area contributed by atoms with Crippen molar-refractivity contribution in [1.82, 2.24) is 10.3 Å². The maximum Gasteiger partial charge on any atom is 0.128 e. The monoisotopic (exact) mass is 249 g/mol. The molecule has 0 saturated carbocycles. The lowest BCUT2D eigenvalue weighted by molar-refractivity contribution is 0.332. The number of nitrogens with one attached hydrogen (secondary N) is 1. The highest BCUT2D eigenvalue weighted by atomic mass is 14.9. The number of anilines is 1.